The summed E-state index contributed by atoms with van der Waals surface area (Å²) < 4.78 is 5.37. The van der Waals surface area contributed by atoms with Crippen LogP contribution in [0.4, 0.5) is 5.69 Å². The zero-order valence-corrected chi connectivity index (χ0v) is 11.1. The molecule has 3 N–H and O–H groups in total. The van der Waals surface area contributed by atoms with Crippen molar-refractivity contribution < 1.29 is 9.53 Å². The van der Waals surface area contributed by atoms with Gasteiger partial charge >= 0.3 is 0 Å². The minimum Gasteiger partial charge on any atom is -0.381 e. The van der Waals surface area contributed by atoms with Crippen molar-refractivity contribution in [2.45, 2.75) is 26.8 Å². The van der Waals surface area contributed by atoms with Crippen LogP contribution in [0.15, 0.2) is 24.3 Å². The van der Waals surface area contributed by atoms with E-state index >= 15 is 0 Å². The Kier molecular flexibility index (Phi) is 6.39. The number of rotatable bonds is 7. The summed E-state index contributed by atoms with van der Waals surface area (Å²) in [5.41, 5.74) is 7.33. The van der Waals surface area contributed by atoms with Gasteiger partial charge in [-0.1, -0.05) is 26.0 Å². The van der Waals surface area contributed by atoms with Crippen LogP contribution in [0, 0.1) is 5.92 Å². The average molecular weight is 250 g/mol. The van der Waals surface area contributed by atoms with Gasteiger partial charge < -0.3 is 15.8 Å². The van der Waals surface area contributed by atoms with Crippen molar-refractivity contribution in [3.8, 4) is 0 Å². The maximum absolute atomic E-state index is 11.6. The van der Waals surface area contributed by atoms with Crippen LogP contribution in [0.3, 0.4) is 0 Å². The lowest BCUT2D eigenvalue weighted by atomic mass is 10.2. The van der Waals surface area contributed by atoms with Crippen LogP contribution in [-0.2, 0) is 16.1 Å². The van der Waals surface area contributed by atoms with Gasteiger partial charge in [-0.3, -0.25) is 4.79 Å². The second kappa shape index (κ2) is 7.84. The SMILES string of the molecule is CC(C)COCCC(=O)Nc1cccc(CN)c1. The fraction of sp³-hybridized carbons (Fsp3) is 0.500. The third kappa shape index (κ3) is 5.80. The maximum Gasteiger partial charge on any atom is 0.226 e. The van der Waals surface area contributed by atoms with E-state index in [0.29, 0.717) is 32.1 Å². The van der Waals surface area contributed by atoms with Gasteiger partial charge in [-0.15, -0.1) is 0 Å². The first-order valence-electron chi connectivity index (χ1n) is 6.28. The van der Waals surface area contributed by atoms with Gasteiger partial charge in [-0.25, -0.2) is 0 Å². The van der Waals surface area contributed by atoms with Crippen molar-refractivity contribution in [3.05, 3.63) is 29.8 Å². The molecular formula is C14H22N2O2. The zero-order valence-electron chi connectivity index (χ0n) is 11.1. The summed E-state index contributed by atoms with van der Waals surface area (Å²) >= 11 is 0. The molecule has 0 spiro atoms. The molecule has 0 bridgehead atoms. The number of nitrogens with two attached hydrogens (primary N) is 1. The molecule has 0 saturated heterocycles. The predicted molar refractivity (Wildman–Crippen MR) is 73.2 cm³/mol. The Bertz CT molecular complexity index is 378. The Balaban J connectivity index is 2.30. The van der Waals surface area contributed by atoms with Crippen LogP contribution in [0.5, 0.6) is 0 Å². The van der Waals surface area contributed by atoms with Crippen LogP contribution in [0.1, 0.15) is 25.8 Å². The van der Waals surface area contributed by atoms with Crippen molar-refractivity contribution in [1.82, 2.24) is 0 Å². The lowest BCUT2D eigenvalue weighted by Gasteiger charge is -2.08. The van der Waals surface area contributed by atoms with Gasteiger partial charge in [-0.2, -0.15) is 0 Å². The van der Waals surface area contributed by atoms with Crippen LogP contribution >= 0.6 is 0 Å². The Labute approximate surface area is 109 Å². The molecule has 0 atom stereocenters. The molecule has 0 saturated carbocycles. The lowest BCUT2D eigenvalue weighted by molar-refractivity contribution is -0.117. The first kappa shape index (κ1) is 14.7. The standard InChI is InChI=1S/C14H22N2O2/c1-11(2)10-18-7-6-14(17)16-13-5-3-4-12(8-13)9-15/h3-5,8,11H,6-7,9-10,15H2,1-2H3,(H,16,17). The summed E-state index contributed by atoms with van der Waals surface area (Å²) in [5, 5.41) is 2.83. The van der Waals surface area contributed by atoms with Crippen molar-refractivity contribution in [2.75, 3.05) is 18.5 Å². The number of anilines is 1. The molecule has 0 fully saturated rings. The Morgan fingerprint density at radius 3 is 2.89 bits per heavy atom. The molecule has 0 heterocycles. The van der Waals surface area contributed by atoms with Crippen molar-refractivity contribution >= 4 is 11.6 Å². The van der Waals surface area contributed by atoms with E-state index in [-0.39, 0.29) is 5.91 Å². The molecule has 1 aromatic rings. The van der Waals surface area contributed by atoms with E-state index in [9.17, 15) is 4.79 Å². The molecule has 1 aromatic carbocycles. The summed E-state index contributed by atoms with van der Waals surface area (Å²) in [4.78, 5) is 11.6. The van der Waals surface area contributed by atoms with E-state index in [2.05, 4.69) is 19.2 Å². The Hall–Kier alpha value is -1.39. The topological polar surface area (TPSA) is 64.3 Å². The number of benzene rings is 1. The smallest absolute Gasteiger partial charge is 0.226 e. The third-order valence-corrected chi connectivity index (χ3v) is 2.37. The molecule has 18 heavy (non-hydrogen) atoms. The van der Waals surface area contributed by atoms with E-state index in [4.69, 9.17) is 10.5 Å². The highest BCUT2D eigenvalue weighted by Crippen LogP contribution is 2.10. The number of amides is 1. The van der Waals surface area contributed by atoms with Crippen LogP contribution in [0.2, 0.25) is 0 Å². The molecule has 0 aliphatic heterocycles. The molecule has 1 rings (SSSR count). The highest BCUT2D eigenvalue weighted by Gasteiger charge is 2.03. The van der Waals surface area contributed by atoms with E-state index in [1.807, 2.05) is 24.3 Å². The minimum atomic E-state index is -0.0343. The number of hydrogen-bond acceptors (Lipinski definition) is 3. The van der Waals surface area contributed by atoms with Gasteiger partial charge in [0.1, 0.15) is 0 Å². The molecular weight excluding hydrogens is 228 g/mol. The maximum atomic E-state index is 11.6. The molecule has 0 radical (unpaired) electrons. The fourth-order valence-electron chi connectivity index (χ4n) is 1.48. The van der Waals surface area contributed by atoms with Gasteiger partial charge in [0.15, 0.2) is 0 Å². The summed E-state index contributed by atoms with van der Waals surface area (Å²) in [6.07, 6.45) is 0.375. The largest absolute Gasteiger partial charge is 0.381 e. The molecule has 4 heteroatoms. The number of carbonyl (C=O) groups is 1. The van der Waals surface area contributed by atoms with Gasteiger partial charge in [0.05, 0.1) is 13.0 Å². The quantitative estimate of drug-likeness (QED) is 0.729. The third-order valence-electron chi connectivity index (χ3n) is 2.37. The lowest BCUT2D eigenvalue weighted by Crippen LogP contribution is -2.15. The first-order chi connectivity index (χ1) is 8.61. The summed E-state index contributed by atoms with van der Waals surface area (Å²) in [5.74, 6) is 0.460. The van der Waals surface area contributed by atoms with Gasteiger partial charge in [0.2, 0.25) is 5.91 Å². The normalized spacial score (nSPS) is 10.7. The molecule has 1 amide bonds. The fourth-order valence-corrected chi connectivity index (χ4v) is 1.48. The number of ether oxygens (including phenoxy) is 1. The molecule has 0 aromatic heterocycles. The van der Waals surface area contributed by atoms with Crippen molar-refractivity contribution in [3.63, 3.8) is 0 Å². The first-order valence-corrected chi connectivity index (χ1v) is 6.28. The zero-order chi connectivity index (χ0) is 13.4. The predicted octanol–water partition coefficient (Wildman–Crippen LogP) is 2.15. The van der Waals surface area contributed by atoms with E-state index < -0.39 is 0 Å². The summed E-state index contributed by atoms with van der Waals surface area (Å²) in [6.45, 7) is 5.79. The molecule has 0 aliphatic rings. The minimum absolute atomic E-state index is 0.0343. The molecule has 100 valence electrons. The van der Waals surface area contributed by atoms with Crippen molar-refractivity contribution in [1.29, 1.82) is 0 Å². The second-order valence-electron chi connectivity index (χ2n) is 4.67. The average Bonchev–Trinajstić information content (AvgIpc) is 2.34. The van der Waals surface area contributed by atoms with E-state index in [1.165, 1.54) is 0 Å². The molecule has 0 aliphatic carbocycles. The monoisotopic (exact) mass is 250 g/mol. The Morgan fingerprint density at radius 1 is 1.44 bits per heavy atom. The summed E-state index contributed by atoms with van der Waals surface area (Å²) in [6, 6.07) is 7.55. The highest BCUT2D eigenvalue weighted by atomic mass is 16.5. The van der Waals surface area contributed by atoms with Gasteiger partial charge in [0, 0.05) is 18.8 Å². The van der Waals surface area contributed by atoms with Crippen LogP contribution < -0.4 is 11.1 Å². The molecule has 0 unspecified atom stereocenters. The van der Waals surface area contributed by atoms with Crippen LogP contribution in [0.25, 0.3) is 0 Å². The second-order valence-corrected chi connectivity index (χ2v) is 4.67. The van der Waals surface area contributed by atoms with Crippen LogP contribution in [-0.4, -0.2) is 19.1 Å². The number of hydrogen-bond donors (Lipinski definition) is 2. The van der Waals surface area contributed by atoms with Gasteiger partial charge in [-0.05, 0) is 23.6 Å². The molecule has 4 nitrogen and oxygen atoms in total. The highest BCUT2D eigenvalue weighted by molar-refractivity contribution is 5.90. The van der Waals surface area contributed by atoms with Gasteiger partial charge in [0.25, 0.3) is 0 Å². The van der Waals surface area contributed by atoms with Crippen molar-refractivity contribution in [2.24, 2.45) is 11.7 Å². The van der Waals surface area contributed by atoms with E-state index in [0.717, 1.165) is 11.3 Å². The van der Waals surface area contributed by atoms with E-state index in [1.54, 1.807) is 0 Å². The number of nitrogens with one attached hydrogen (secondary N) is 1. The summed E-state index contributed by atoms with van der Waals surface area (Å²) in [7, 11) is 0. The Morgan fingerprint density at radius 2 is 2.22 bits per heavy atom. The number of carbonyl (C=O) groups excluding carboxylic acids is 1.